The molecule has 0 aromatic heterocycles. The Hall–Kier alpha value is -1.74. The SMILES string of the molecule is CNCCNC(=O)CN(CC(=O)N(C)N1Cc2ccccc2C1)c1cc(Cl)ccc1Cl.Cl.Cl. The third-order valence-electron chi connectivity index (χ3n) is 5.22. The first-order valence-corrected chi connectivity index (χ1v) is 10.8. The molecule has 0 atom stereocenters. The van der Waals surface area contributed by atoms with E-state index in [1.165, 1.54) is 11.1 Å². The number of likely N-dealkylation sites (N-methyl/N-ethyl adjacent to an activating group) is 2. The van der Waals surface area contributed by atoms with Crippen molar-refractivity contribution in [2.45, 2.75) is 13.1 Å². The molecular formula is C22H29Cl4N5O2. The minimum Gasteiger partial charge on any atom is -0.353 e. The molecule has 11 heteroatoms. The summed E-state index contributed by atoms with van der Waals surface area (Å²) >= 11 is 12.5. The lowest BCUT2D eigenvalue weighted by molar-refractivity contribution is -0.145. The Labute approximate surface area is 217 Å². The lowest BCUT2D eigenvalue weighted by Gasteiger charge is -2.31. The molecule has 0 radical (unpaired) electrons. The monoisotopic (exact) mass is 535 g/mol. The maximum absolute atomic E-state index is 13.1. The number of anilines is 1. The summed E-state index contributed by atoms with van der Waals surface area (Å²) in [7, 11) is 3.56. The maximum Gasteiger partial charge on any atom is 0.256 e. The second kappa shape index (κ2) is 13.8. The first kappa shape index (κ1) is 29.3. The number of hydrogen-bond acceptors (Lipinski definition) is 5. The van der Waals surface area contributed by atoms with Gasteiger partial charge in [0, 0.05) is 38.2 Å². The van der Waals surface area contributed by atoms with Crippen molar-refractivity contribution >= 4 is 65.5 Å². The Morgan fingerprint density at radius 3 is 2.24 bits per heavy atom. The molecule has 2 N–H and O–H groups in total. The molecule has 33 heavy (non-hydrogen) atoms. The summed E-state index contributed by atoms with van der Waals surface area (Å²) in [6, 6.07) is 13.1. The van der Waals surface area contributed by atoms with Crippen LogP contribution >= 0.6 is 48.0 Å². The number of halogens is 4. The van der Waals surface area contributed by atoms with Crippen molar-refractivity contribution < 1.29 is 9.59 Å². The zero-order valence-electron chi connectivity index (χ0n) is 18.5. The van der Waals surface area contributed by atoms with Crippen LogP contribution in [-0.2, 0) is 22.7 Å². The molecule has 1 aliphatic rings. The quantitative estimate of drug-likeness (QED) is 0.481. The van der Waals surface area contributed by atoms with Gasteiger partial charge in [0.1, 0.15) is 0 Å². The minimum absolute atomic E-state index is 0. The van der Waals surface area contributed by atoms with Gasteiger partial charge in [-0.25, -0.2) is 5.01 Å². The predicted molar refractivity (Wildman–Crippen MR) is 139 cm³/mol. The van der Waals surface area contributed by atoms with Crippen molar-refractivity contribution in [2.75, 3.05) is 45.2 Å². The molecule has 0 fully saturated rings. The third-order valence-corrected chi connectivity index (χ3v) is 5.77. The molecule has 1 aliphatic heterocycles. The molecule has 0 saturated carbocycles. The number of carbonyl (C=O) groups is 2. The van der Waals surface area contributed by atoms with E-state index in [1.807, 2.05) is 24.2 Å². The summed E-state index contributed by atoms with van der Waals surface area (Å²) in [5.41, 5.74) is 2.96. The molecule has 182 valence electrons. The molecule has 0 bridgehead atoms. The van der Waals surface area contributed by atoms with Crippen LogP contribution in [0.4, 0.5) is 5.69 Å². The van der Waals surface area contributed by atoms with Gasteiger partial charge >= 0.3 is 0 Å². The van der Waals surface area contributed by atoms with Crippen LogP contribution in [0.2, 0.25) is 10.0 Å². The largest absolute Gasteiger partial charge is 0.353 e. The summed E-state index contributed by atoms with van der Waals surface area (Å²) in [4.78, 5) is 27.2. The molecule has 2 aromatic rings. The molecule has 7 nitrogen and oxygen atoms in total. The zero-order chi connectivity index (χ0) is 22.4. The fourth-order valence-corrected chi connectivity index (χ4v) is 3.86. The highest BCUT2D eigenvalue weighted by atomic mass is 35.5. The molecule has 0 aliphatic carbocycles. The van der Waals surface area contributed by atoms with E-state index in [1.54, 1.807) is 35.2 Å². The molecule has 2 amide bonds. The van der Waals surface area contributed by atoms with E-state index in [0.717, 1.165) is 0 Å². The van der Waals surface area contributed by atoms with Crippen LogP contribution in [-0.4, -0.2) is 62.1 Å². The summed E-state index contributed by atoms with van der Waals surface area (Å²) in [5.74, 6) is -0.345. The Balaban J connectivity index is 0.00000272. The van der Waals surface area contributed by atoms with Crippen molar-refractivity contribution in [2.24, 2.45) is 0 Å². The second-order valence-corrected chi connectivity index (χ2v) is 8.26. The van der Waals surface area contributed by atoms with Crippen LogP contribution in [0, 0.1) is 0 Å². The lowest BCUT2D eigenvalue weighted by Crippen LogP contribution is -2.48. The molecule has 0 saturated heterocycles. The number of nitrogens with one attached hydrogen (secondary N) is 2. The highest BCUT2D eigenvalue weighted by Crippen LogP contribution is 2.29. The first-order chi connectivity index (χ1) is 14.9. The van der Waals surface area contributed by atoms with E-state index in [0.29, 0.717) is 41.9 Å². The van der Waals surface area contributed by atoms with Gasteiger partial charge in [-0.1, -0.05) is 47.5 Å². The summed E-state index contributed by atoms with van der Waals surface area (Å²) in [6.07, 6.45) is 0. The molecule has 2 aromatic carbocycles. The van der Waals surface area contributed by atoms with Crippen molar-refractivity contribution in [3.05, 3.63) is 63.6 Å². The number of hydrazine groups is 1. The summed E-state index contributed by atoms with van der Waals surface area (Å²) in [5, 5.41) is 10.3. The third kappa shape index (κ3) is 7.91. The fraction of sp³-hybridized carbons (Fsp3) is 0.364. The van der Waals surface area contributed by atoms with Gasteiger partial charge in [-0.15, -0.1) is 24.8 Å². The van der Waals surface area contributed by atoms with Gasteiger partial charge in [0.15, 0.2) is 0 Å². The topological polar surface area (TPSA) is 67.9 Å². The van der Waals surface area contributed by atoms with Gasteiger partial charge < -0.3 is 15.5 Å². The van der Waals surface area contributed by atoms with Gasteiger partial charge in [-0.3, -0.25) is 14.6 Å². The standard InChI is InChI=1S/C22H27Cl2N5O2.2ClH/c1-25-9-10-26-21(30)14-28(20-11-18(23)7-8-19(20)24)15-22(31)27(2)29-12-16-5-3-4-6-17(16)13-29;;/h3-8,11,25H,9-10,12-15H2,1-2H3,(H,26,30);2*1H. The van der Waals surface area contributed by atoms with E-state index < -0.39 is 0 Å². The normalized spacial score (nSPS) is 12.2. The van der Waals surface area contributed by atoms with Crippen molar-refractivity contribution in [1.82, 2.24) is 20.7 Å². The Morgan fingerprint density at radius 2 is 1.64 bits per heavy atom. The molecular weight excluding hydrogens is 508 g/mol. The zero-order valence-corrected chi connectivity index (χ0v) is 21.7. The van der Waals surface area contributed by atoms with Crippen LogP contribution in [0.15, 0.2) is 42.5 Å². The smallest absolute Gasteiger partial charge is 0.256 e. The maximum atomic E-state index is 13.1. The molecule has 0 unspecified atom stereocenters. The van der Waals surface area contributed by atoms with Gasteiger partial charge in [-0.2, -0.15) is 0 Å². The number of fused-ring (bicyclic) bond motifs is 1. The average molecular weight is 537 g/mol. The average Bonchev–Trinajstić information content (AvgIpc) is 3.19. The highest BCUT2D eigenvalue weighted by Gasteiger charge is 2.27. The van der Waals surface area contributed by atoms with Crippen LogP contribution in [0.3, 0.4) is 0 Å². The molecule has 0 spiro atoms. The van der Waals surface area contributed by atoms with Gasteiger partial charge in [0.25, 0.3) is 5.91 Å². The van der Waals surface area contributed by atoms with Crippen molar-refractivity contribution in [3.63, 3.8) is 0 Å². The van der Waals surface area contributed by atoms with Gasteiger partial charge in [0.05, 0.1) is 23.8 Å². The van der Waals surface area contributed by atoms with Gasteiger partial charge in [-0.05, 0) is 36.4 Å². The van der Waals surface area contributed by atoms with Crippen LogP contribution in [0.1, 0.15) is 11.1 Å². The number of benzene rings is 2. The number of rotatable bonds is 9. The van der Waals surface area contributed by atoms with Crippen LogP contribution in [0.25, 0.3) is 0 Å². The Morgan fingerprint density at radius 1 is 1.00 bits per heavy atom. The Bertz CT molecular complexity index is 922. The van der Waals surface area contributed by atoms with E-state index in [-0.39, 0.29) is 49.7 Å². The molecule has 3 rings (SSSR count). The van der Waals surface area contributed by atoms with Crippen LogP contribution in [0.5, 0.6) is 0 Å². The number of carbonyl (C=O) groups excluding carboxylic acids is 2. The van der Waals surface area contributed by atoms with E-state index in [9.17, 15) is 9.59 Å². The van der Waals surface area contributed by atoms with E-state index >= 15 is 0 Å². The highest BCUT2D eigenvalue weighted by molar-refractivity contribution is 6.35. The number of hydrogen-bond donors (Lipinski definition) is 2. The van der Waals surface area contributed by atoms with Crippen molar-refractivity contribution in [1.29, 1.82) is 0 Å². The van der Waals surface area contributed by atoms with Crippen molar-refractivity contribution in [3.8, 4) is 0 Å². The number of amides is 2. The fourth-order valence-electron chi connectivity index (χ4n) is 3.46. The lowest BCUT2D eigenvalue weighted by atomic mass is 10.1. The predicted octanol–water partition coefficient (Wildman–Crippen LogP) is 3.37. The van der Waals surface area contributed by atoms with Gasteiger partial charge in [0.2, 0.25) is 5.91 Å². The summed E-state index contributed by atoms with van der Waals surface area (Å²) in [6.45, 7) is 2.46. The second-order valence-electron chi connectivity index (χ2n) is 7.41. The minimum atomic E-state index is -0.199. The first-order valence-electron chi connectivity index (χ1n) is 10.1. The Kier molecular flexibility index (Phi) is 12.3. The summed E-state index contributed by atoms with van der Waals surface area (Å²) < 4.78 is 0. The van der Waals surface area contributed by atoms with E-state index in [4.69, 9.17) is 23.2 Å². The molecule has 1 heterocycles. The van der Waals surface area contributed by atoms with Crippen LogP contribution < -0.4 is 15.5 Å². The van der Waals surface area contributed by atoms with E-state index in [2.05, 4.69) is 22.8 Å². The number of nitrogens with zero attached hydrogens (tertiary/aromatic N) is 3.